The summed E-state index contributed by atoms with van der Waals surface area (Å²) in [5.74, 6) is 0.279. The van der Waals surface area contributed by atoms with E-state index >= 15 is 0 Å². The average Bonchev–Trinajstić information content (AvgIpc) is 2.92. The molecule has 1 N–H and O–H groups in total. The molecule has 0 aliphatic rings. The zero-order valence-corrected chi connectivity index (χ0v) is 15.6. The van der Waals surface area contributed by atoms with Gasteiger partial charge in [-0.3, -0.25) is 0 Å². The van der Waals surface area contributed by atoms with Crippen LogP contribution in [-0.4, -0.2) is 21.8 Å². The molecule has 2 heterocycles. The molecule has 1 aromatic carbocycles. The quantitative estimate of drug-likeness (QED) is 0.630. The fourth-order valence-electron chi connectivity index (χ4n) is 3.10. The van der Waals surface area contributed by atoms with Crippen molar-refractivity contribution in [2.75, 3.05) is 7.11 Å². The number of benzene rings is 1. The third kappa shape index (κ3) is 3.52. The second kappa shape index (κ2) is 7.98. The molecule has 0 saturated carbocycles. The number of hydrogen-bond donors (Lipinski definition) is 1. The molecule has 0 aliphatic heterocycles. The molecule has 27 heavy (non-hydrogen) atoms. The molecule has 0 atom stereocenters. The number of rotatable bonds is 6. The zero-order chi connectivity index (χ0) is 19.4. The number of pyridine rings is 1. The second-order valence-electron chi connectivity index (χ2n) is 6.21. The molecular formula is C20H21N5O2. The number of para-hydroxylation sites is 1. The Kier molecular flexibility index (Phi) is 5.48. The summed E-state index contributed by atoms with van der Waals surface area (Å²) in [7, 11) is 1.57. The van der Waals surface area contributed by atoms with E-state index in [-0.39, 0.29) is 18.3 Å². The minimum Gasteiger partial charge on any atom is -0.493 e. The van der Waals surface area contributed by atoms with Gasteiger partial charge in [-0.25, -0.2) is 4.98 Å². The second-order valence-corrected chi connectivity index (χ2v) is 6.21. The molecule has 0 unspecified atom stereocenters. The van der Waals surface area contributed by atoms with Crippen molar-refractivity contribution >= 4 is 22.4 Å². The Bertz CT molecular complexity index is 1050. The van der Waals surface area contributed by atoms with Gasteiger partial charge >= 0.3 is 0 Å². The van der Waals surface area contributed by atoms with Crippen LogP contribution in [0.4, 0.5) is 11.5 Å². The van der Waals surface area contributed by atoms with Crippen LogP contribution in [0, 0.1) is 18.3 Å². The highest BCUT2D eigenvalue weighted by Crippen LogP contribution is 2.39. The summed E-state index contributed by atoms with van der Waals surface area (Å²) in [6.07, 6.45) is 0.876. The number of aromatic nitrogens is 2. The van der Waals surface area contributed by atoms with Gasteiger partial charge in [0.2, 0.25) is 5.88 Å². The van der Waals surface area contributed by atoms with E-state index < -0.39 is 0 Å². The Balaban J connectivity index is 2.13. The molecular weight excluding hydrogens is 342 g/mol. The molecule has 0 radical (unpaired) electrons. The largest absolute Gasteiger partial charge is 0.493 e. The van der Waals surface area contributed by atoms with E-state index in [2.05, 4.69) is 21.3 Å². The van der Waals surface area contributed by atoms with Crippen LogP contribution in [0.1, 0.15) is 30.2 Å². The van der Waals surface area contributed by atoms with Crippen LogP contribution in [0.15, 0.2) is 40.6 Å². The predicted octanol–water partition coefficient (Wildman–Crippen LogP) is 4.89. The number of azo groups is 1. The van der Waals surface area contributed by atoms with Gasteiger partial charge in [-0.15, -0.1) is 10.2 Å². The van der Waals surface area contributed by atoms with E-state index in [0.717, 1.165) is 17.3 Å². The molecule has 3 rings (SSSR count). The molecule has 0 spiro atoms. The van der Waals surface area contributed by atoms with Crippen LogP contribution in [0.5, 0.6) is 5.88 Å². The summed E-state index contributed by atoms with van der Waals surface area (Å²) in [5, 5.41) is 29.4. The normalized spacial score (nSPS) is 11.3. The highest BCUT2D eigenvalue weighted by molar-refractivity contribution is 5.95. The van der Waals surface area contributed by atoms with Crippen LogP contribution in [0.3, 0.4) is 0 Å². The maximum absolute atomic E-state index is 10.6. The van der Waals surface area contributed by atoms with Gasteiger partial charge < -0.3 is 14.4 Å². The maximum atomic E-state index is 10.6. The van der Waals surface area contributed by atoms with Crippen LogP contribution in [-0.2, 0) is 17.9 Å². The molecule has 0 aliphatic carbocycles. The number of hydrogen-bond acceptors (Lipinski definition) is 6. The average molecular weight is 363 g/mol. The Morgan fingerprint density at radius 2 is 2.07 bits per heavy atom. The first kappa shape index (κ1) is 18.5. The maximum Gasteiger partial charge on any atom is 0.220 e. The van der Waals surface area contributed by atoms with E-state index in [1.807, 2.05) is 42.7 Å². The Morgan fingerprint density at radius 1 is 1.30 bits per heavy atom. The van der Waals surface area contributed by atoms with Gasteiger partial charge in [-0.1, -0.05) is 25.1 Å². The fraction of sp³-hybridized carbons (Fsp3) is 0.300. The number of nitriles is 1. The van der Waals surface area contributed by atoms with Gasteiger partial charge in [-0.2, -0.15) is 5.26 Å². The molecule has 3 aromatic rings. The van der Waals surface area contributed by atoms with E-state index in [4.69, 9.17) is 4.74 Å². The fourth-order valence-corrected chi connectivity index (χ4v) is 3.10. The number of ether oxygens (including phenoxy) is 1. The summed E-state index contributed by atoms with van der Waals surface area (Å²) in [6.45, 7) is 4.83. The lowest BCUT2D eigenvalue weighted by Gasteiger charge is -2.06. The lowest BCUT2D eigenvalue weighted by Crippen LogP contribution is -1.96. The molecule has 0 bridgehead atoms. The third-order valence-electron chi connectivity index (χ3n) is 4.23. The lowest BCUT2D eigenvalue weighted by atomic mass is 10.1. The molecule has 0 amide bonds. The summed E-state index contributed by atoms with van der Waals surface area (Å²) < 4.78 is 6.97. The van der Waals surface area contributed by atoms with Crippen molar-refractivity contribution in [2.45, 2.75) is 33.4 Å². The minimum atomic E-state index is 0.0603. The van der Waals surface area contributed by atoms with Gasteiger partial charge in [-0.05, 0) is 25.5 Å². The van der Waals surface area contributed by atoms with Crippen LogP contribution >= 0.6 is 0 Å². The SMILES string of the molecule is CCCn1c(O)c(N=Nc2nc(C)cc(COC)c2C#N)c2ccccc21. The number of fused-ring (bicyclic) bond motifs is 1. The summed E-state index contributed by atoms with van der Waals surface area (Å²) in [4.78, 5) is 4.33. The van der Waals surface area contributed by atoms with Gasteiger partial charge in [0.1, 0.15) is 11.6 Å². The molecule has 0 fully saturated rings. The first-order chi connectivity index (χ1) is 13.1. The van der Waals surface area contributed by atoms with Gasteiger partial charge in [0, 0.05) is 30.3 Å². The van der Waals surface area contributed by atoms with Crippen LogP contribution in [0.25, 0.3) is 10.9 Å². The lowest BCUT2D eigenvalue weighted by molar-refractivity contribution is 0.184. The van der Waals surface area contributed by atoms with Crippen molar-refractivity contribution in [2.24, 2.45) is 10.2 Å². The number of nitrogens with zero attached hydrogens (tertiary/aromatic N) is 5. The van der Waals surface area contributed by atoms with E-state index in [0.29, 0.717) is 29.1 Å². The van der Waals surface area contributed by atoms with Crippen molar-refractivity contribution in [3.63, 3.8) is 0 Å². The summed E-state index contributed by atoms with van der Waals surface area (Å²) in [5.41, 5.74) is 3.01. The number of aryl methyl sites for hydroxylation is 2. The smallest absolute Gasteiger partial charge is 0.220 e. The Labute approximate surface area is 157 Å². The topological polar surface area (TPSA) is 95.8 Å². The summed E-state index contributed by atoms with van der Waals surface area (Å²) in [6, 6.07) is 11.6. The van der Waals surface area contributed by atoms with Gasteiger partial charge in [0.15, 0.2) is 11.5 Å². The van der Waals surface area contributed by atoms with Crippen LogP contribution in [0.2, 0.25) is 0 Å². The molecule has 2 aromatic heterocycles. The van der Waals surface area contributed by atoms with Crippen molar-refractivity contribution in [3.8, 4) is 11.9 Å². The predicted molar refractivity (Wildman–Crippen MR) is 102 cm³/mol. The summed E-state index contributed by atoms with van der Waals surface area (Å²) >= 11 is 0. The molecule has 7 heteroatoms. The minimum absolute atomic E-state index is 0.0603. The standard InChI is InChI=1S/C20H21N5O2/c1-4-9-25-17-8-6-5-7-15(17)18(20(25)26)23-24-19-16(11-21)14(12-27-3)10-13(2)22-19/h5-8,10,26H,4,9,12H2,1-3H3. The number of methoxy groups -OCH3 is 1. The Hall–Kier alpha value is -3.24. The van der Waals surface area contributed by atoms with Crippen molar-refractivity contribution in [1.29, 1.82) is 5.26 Å². The molecule has 138 valence electrons. The van der Waals surface area contributed by atoms with Gasteiger partial charge in [0.25, 0.3) is 0 Å². The number of aromatic hydroxyl groups is 1. The van der Waals surface area contributed by atoms with E-state index in [1.165, 1.54) is 0 Å². The van der Waals surface area contributed by atoms with E-state index in [9.17, 15) is 10.4 Å². The molecule has 0 saturated heterocycles. The third-order valence-corrected chi connectivity index (χ3v) is 4.23. The molecule has 7 nitrogen and oxygen atoms in total. The highest BCUT2D eigenvalue weighted by atomic mass is 16.5. The van der Waals surface area contributed by atoms with Gasteiger partial charge in [0.05, 0.1) is 12.1 Å². The Morgan fingerprint density at radius 3 is 2.78 bits per heavy atom. The first-order valence-corrected chi connectivity index (χ1v) is 8.72. The first-order valence-electron chi connectivity index (χ1n) is 8.72. The van der Waals surface area contributed by atoms with E-state index in [1.54, 1.807) is 13.2 Å². The van der Waals surface area contributed by atoms with Crippen molar-refractivity contribution in [3.05, 3.63) is 47.2 Å². The monoisotopic (exact) mass is 363 g/mol. The van der Waals surface area contributed by atoms with Crippen molar-refractivity contribution in [1.82, 2.24) is 9.55 Å². The van der Waals surface area contributed by atoms with Crippen LogP contribution < -0.4 is 0 Å². The zero-order valence-electron chi connectivity index (χ0n) is 15.6. The highest BCUT2D eigenvalue weighted by Gasteiger charge is 2.17. The van der Waals surface area contributed by atoms with Crippen molar-refractivity contribution < 1.29 is 9.84 Å².